The average Bonchev–Trinajstić information content (AvgIpc) is 2.38. The molecule has 3 heteroatoms. The molecule has 2 aliphatic rings. The third-order valence-corrected chi connectivity index (χ3v) is 3.38. The summed E-state index contributed by atoms with van der Waals surface area (Å²) in [6.45, 7) is 2.55. The lowest BCUT2D eigenvalue weighted by molar-refractivity contribution is -0.142. The Hall–Kier alpha value is -1.77. The van der Waals surface area contributed by atoms with Gasteiger partial charge in [-0.15, -0.1) is 0 Å². The van der Waals surface area contributed by atoms with E-state index in [1.807, 2.05) is 31.2 Å². The molecule has 3 nitrogen and oxygen atoms in total. The highest BCUT2D eigenvalue weighted by Gasteiger charge is 2.33. The zero-order chi connectivity index (χ0) is 11.8. The minimum Gasteiger partial charge on any atom is -0.488 e. The summed E-state index contributed by atoms with van der Waals surface area (Å²) in [4.78, 5) is 11.8. The molecule has 0 amide bonds. The van der Waals surface area contributed by atoms with Crippen molar-refractivity contribution >= 4 is 11.7 Å². The molecule has 0 fully saturated rings. The first kappa shape index (κ1) is 10.4. The smallest absolute Gasteiger partial charge is 0.314 e. The minimum absolute atomic E-state index is 0.0115. The largest absolute Gasteiger partial charge is 0.488 e. The maximum absolute atomic E-state index is 11.8. The first-order valence-electron chi connectivity index (χ1n) is 5.95. The van der Waals surface area contributed by atoms with Crippen LogP contribution in [-0.4, -0.2) is 12.6 Å². The van der Waals surface area contributed by atoms with Crippen molar-refractivity contribution in [2.24, 2.45) is 5.92 Å². The third-order valence-electron chi connectivity index (χ3n) is 3.38. The van der Waals surface area contributed by atoms with Crippen molar-refractivity contribution in [3.05, 3.63) is 35.4 Å². The second-order valence-corrected chi connectivity index (χ2v) is 4.45. The number of hydrogen-bond acceptors (Lipinski definition) is 3. The molecule has 0 aliphatic carbocycles. The highest BCUT2D eigenvalue weighted by Crippen LogP contribution is 2.39. The van der Waals surface area contributed by atoms with Crippen LogP contribution in [0.3, 0.4) is 0 Å². The summed E-state index contributed by atoms with van der Waals surface area (Å²) in [5.41, 5.74) is 2.01. The molecule has 2 aliphatic heterocycles. The maximum Gasteiger partial charge on any atom is 0.314 e. The number of ether oxygens (including phenoxy) is 2. The van der Waals surface area contributed by atoms with Gasteiger partial charge in [-0.1, -0.05) is 19.1 Å². The van der Waals surface area contributed by atoms with Gasteiger partial charge in [-0.05, 0) is 25.0 Å². The molecule has 1 unspecified atom stereocenters. The summed E-state index contributed by atoms with van der Waals surface area (Å²) in [5.74, 6) is 1.40. The molecule has 3 rings (SSSR count). The standard InChI is InChI=1S/C14H14O3/c1-2-9-7-10-8-16-12-6-4-3-5-11(12)13(10)17-14(9)15/h3-6,9H,2,7-8H2,1H3. The van der Waals surface area contributed by atoms with Crippen molar-refractivity contribution in [3.8, 4) is 5.75 Å². The number of benzene rings is 1. The molecular weight excluding hydrogens is 216 g/mol. The molecule has 0 radical (unpaired) electrons. The second kappa shape index (κ2) is 3.91. The Balaban J connectivity index is 2.04. The molecule has 0 saturated heterocycles. The van der Waals surface area contributed by atoms with E-state index < -0.39 is 0 Å². The van der Waals surface area contributed by atoms with E-state index in [1.165, 1.54) is 0 Å². The average molecular weight is 230 g/mol. The van der Waals surface area contributed by atoms with Crippen LogP contribution >= 0.6 is 0 Å². The van der Waals surface area contributed by atoms with Crippen LogP contribution in [0, 0.1) is 5.92 Å². The Kier molecular flexibility index (Phi) is 2.39. The lowest BCUT2D eigenvalue weighted by Gasteiger charge is -2.29. The predicted octanol–water partition coefficient (Wildman–Crippen LogP) is 2.76. The minimum atomic E-state index is -0.108. The van der Waals surface area contributed by atoms with Crippen molar-refractivity contribution in [1.82, 2.24) is 0 Å². The van der Waals surface area contributed by atoms with Crippen LogP contribution in [0.1, 0.15) is 25.3 Å². The fourth-order valence-corrected chi connectivity index (χ4v) is 2.36. The van der Waals surface area contributed by atoms with E-state index in [0.29, 0.717) is 6.61 Å². The summed E-state index contributed by atoms with van der Waals surface area (Å²) < 4.78 is 11.2. The summed E-state index contributed by atoms with van der Waals surface area (Å²) in [6.07, 6.45) is 1.58. The summed E-state index contributed by atoms with van der Waals surface area (Å²) >= 11 is 0. The molecule has 0 N–H and O–H groups in total. The van der Waals surface area contributed by atoms with E-state index in [-0.39, 0.29) is 11.9 Å². The zero-order valence-electron chi connectivity index (χ0n) is 9.73. The number of para-hydroxylation sites is 1. The Morgan fingerprint density at radius 1 is 1.35 bits per heavy atom. The number of carbonyl (C=O) groups excluding carboxylic acids is 1. The van der Waals surface area contributed by atoms with Crippen LogP contribution in [0.25, 0.3) is 5.76 Å². The summed E-state index contributed by atoms with van der Waals surface area (Å²) in [6, 6.07) is 7.68. The number of rotatable bonds is 1. The van der Waals surface area contributed by atoms with Crippen LogP contribution in [0.2, 0.25) is 0 Å². The molecule has 2 heterocycles. The van der Waals surface area contributed by atoms with Crippen molar-refractivity contribution in [2.75, 3.05) is 6.61 Å². The van der Waals surface area contributed by atoms with Crippen LogP contribution in [0.15, 0.2) is 29.8 Å². The fraction of sp³-hybridized carbons (Fsp3) is 0.357. The fourth-order valence-electron chi connectivity index (χ4n) is 2.36. The Labute approximate surface area is 100 Å². The van der Waals surface area contributed by atoms with E-state index in [2.05, 4.69) is 0 Å². The predicted molar refractivity (Wildman–Crippen MR) is 63.3 cm³/mol. The Morgan fingerprint density at radius 3 is 3.00 bits per heavy atom. The van der Waals surface area contributed by atoms with Crippen molar-refractivity contribution in [1.29, 1.82) is 0 Å². The highest BCUT2D eigenvalue weighted by atomic mass is 16.5. The molecule has 17 heavy (non-hydrogen) atoms. The van der Waals surface area contributed by atoms with E-state index in [0.717, 1.165) is 35.5 Å². The molecule has 0 bridgehead atoms. The molecule has 1 atom stereocenters. The van der Waals surface area contributed by atoms with E-state index in [1.54, 1.807) is 0 Å². The summed E-state index contributed by atoms with van der Waals surface area (Å²) in [7, 11) is 0. The Bertz CT molecular complexity index is 502. The van der Waals surface area contributed by atoms with Crippen LogP contribution in [0.4, 0.5) is 0 Å². The van der Waals surface area contributed by atoms with Gasteiger partial charge in [-0.3, -0.25) is 4.79 Å². The van der Waals surface area contributed by atoms with E-state index >= 15 is 0 Å². The number of fused-ring (bicyclic) bond motifs is 2. The lowest BCUT2D eigenvalue weighted by atomic mass is 9.91. The van der Waals surface area contributed by atoms with Gasteiger partial charge in [0.05, 0.1) is 11.5 Å². The van der Waals surface area contributed by atoms with Gasteiger partial charge in [0, 0.05) is 5.57 Å². The molecule has 0 aromatic heterocycles. The monoisotopic (exact) mass is 230 g/mol. The van der Waals surface area contributed by atoms with Crippen molar-refractivity contribution in [3.63, 3.8) is 0 Å². The van der Waals surface area contributed by atoms with Gasteiger partial charge < -0.3 is 9.47 Å². The SMILES string of the molecule is CCC1CC2=C(OC1=O)c1ccccc1OC2. The lowest BCUT2D eigenvalue weighted by Crippen LogP contribution is -2.27. The van der Waals surface area contributed by atoms with Crippen LogP contribution in [-0.2, 0) is 9.53 Å². The number of carbonyl (C=O) groups is 1. The summed E-state index contributed by atoms with van der Waals surface area (Å²) in [5, 5.41) is 0. The van der Waals surface area contributed by atoms with E-state index in [4.69, 9.17) is 9.47 Å². The molecule has 1 aromatic carbocycles. The number of esters is 1. The Morgan fingerprint density at radius 2 is 2.18 bits per heavy atom. The highest BCUT2D eigenvalue weighted by molar-refractivity contribution is 5.85. The van der Waals surface area contributed by atoms with Gasteiger partial charge in [0.1, 0.15) is 18.1 Å². The molecule has 0 spiro atoms. The topological polar surface area (TPSA) is 35.5 Å². The third kappa shape index (κ3) is 1.62. The van der Waals surface area contributed by atoms with E-state index in [9.17, 15) is 4.79 Å². The first-order chi connectivity index (χ1) is 8.29. The molecular formula is C14H14O3. The van der Waals surface area contributed by atoms with Crippen LogP contribution < -0.4 is 4.74 Å². The first-order valence-corrected chi connectivity index (χ1v) is 5.95. The second-order valence-electron chi connectivity index (χ2n) is 4.45. The van der Waals surface area contributed by atoms with Gasteiger partial charge in [0.25, 0.3) is 0 Å². The quantitative estimate of drug-likeness (QED) is 0.696. The maximum atomic E-state index is 11.8. The number of hydrogen-bond donors (Lipinski definition) is 0. The molecule has 88 valence electrons. The van der Waals surface area contributed by atoms with Crippen molar-refractivity contribution < 1.29 is 14.3 Å². The molecule has 0 saturated carbocycles. The van der Waals surface area contributed by atoms with Gasteiger partial charge in [-0.25, -0.2) is 0 Å². The van der Waals surface area contributed by atoms with Gasteiger partial charge in [0.15, 0.2) is 0 Å². The van der Waals surface area contributed by atoms with Crippen LogP contribution in [0.5, 0.6) is 5.75 Å². The molecule has 1 aromatic rings. The van der Waals surface area contributed by atoms with Gasteiger partial charge >= 0.3 is 5.97 Å². The van der Waals surface area contributed by atoms with Crippen molar-refractivity contribution in [2.45, 2.75) is 19.8 Å². The zero-order valence-corrected chi connectivity index (χ0v) is 9.73. The normalized spacial score (nSPS) is 22.4. The van der Waals surface area contributed by atoms with Gasteiger partial charge in [0.2, 0.25) is 0 Å². The van der Waals surface area contributed by atoms with Gasteiger partial charge in [-0.2, -0.15) is 0 Å².